The molecule has 1 unspecified atom stereocenters. The zero-order chi connectivity index (χ0) is 13.7. The highest BCUT2D eigenvalue weighted by Gasteiger charge is 2.25. The molecule has 0 aliphatic heterocycles. The average Bonchev–Trinajstić information content (AvgIpc) is 3.03. The zero-order valence-corrected chi connectivity index (χ0v) is 13.2. The van der Waals surface area contributed by atoms with Crippen molar-refractivity contribution < 1.29 is 0 Å². The zero-order valence-electron chi connectivity index (χ0n) is 10.8. The van der Waals surface area contributed by atoms with Gasteiger partial charge in [0.25, 0.3) is 0 Å². The summed E-state index contributed by atoms with van der Waals surface area (Å²) in [4.78, 5) is 9.73. The predicted octanol–water partition coefficient (Wildman–Crippen LogP) is 4.44. The number of halogens is 1. The minimum Gasteiger partial charge on any atom is -0.397 e. The van der Waals surface area contributed by atoms with Crippen molar-refractivity contribution in [2.75, 3.05) is 5.73 Å². The fourth-order valence-electron chi connectivity index (χ4n) is 3.06. The van der Waals surface area contributed by atoms with Gasteiger partial charge in [0.1, 0.15) is 11.3 Å². The van der Waals surface area contributed by atoms with Crippen LogP contribution in [-0.4, -0.2) is 9.97 Å². The summed E-state index contributed by atoms with van der Waals surface area (Å²) in [5, 5.41) is 2.19. The fraction of sp³-hybridized carbons (Fsp3) is 0.267. The van der Waals surface area contributed by atoms with Crippen LogP contribution in [0, 0.1) is 0 Å². The number of aromatic nitrogens is 2. The van der Waals surface area contributed by atoms with Crippen molar-refractivity contribution in [1.82, 2.24) is 9.97 Å². The molecule has 0 saturated carbocycles. The van der Waals surface area contributed by atoms with Gasteiger partial charge in [-0.2, -0.15) is 0 Å². The van der Waals surface area contributed by atoms with Gasteiger partial charge in [-0.05, 0) is 48.4 Å². The molecule has 2 heterocycles. The standard InChI is InChI=1S/C15H14BrN3S/c16-8-6-11(17)14-12(7-8)18-15(19-14)10-2-1-3-13-9(10)4-5-20-13/h4-7,10H,1-3,17H2,(H,18,19). The Labute approximate surface area is 129 Å². The van der Waals surface area contributed by atoms with Crippen LogP contribution in [0.2, 0.25) is 0 Å². The van der Waals surface area contributed by atoms with E-state index in [9.17, 15) is 0 Å². The molecule has 2 aromatic heterocycles. The Morgan fingerprint density at radius 2 is 2.30 bits per heavy atom. The number of H-pyrrole nitrogens is 1. The lowest BCUT2D eigenvalue weighted by molar-refractivity contribution is 0.604. The third-order valence-corrected chi connectivity index (χ3v) is 5.44. The van der Waals surface area contributed by atoms with Gasteiger partial charge in [-0.3, -0.25) is 0 Å². The third kappa shape index (κ3) is 1.88. The Kier molecular flexibility index (Phi) is 2.86. The van der Waals surface area contributed by atoms with Gasteiger partial charge in [0.05, 0.1) is 11.2 Å². The average molecular weight is 348 g/mol. The lowest BCUT2D eigenvalue weighted by Gasteiger charge is -2.20. The molecule has 1 aliphatic carbocycles. The molecule has 3 aromatic rings. The molecule has 1 aliphatic rings. The second-order valence-electron chi connectivity index (χ2n) is 5.26. The van der Waals surface area contributed by atoms with Crippen LogP contribution in [0.25, 0.3) is 11.0 Å². The number of aryl methyl sites for hydroxylation is 1. The van der Waals surface area contributed by atoms with Crippen molar-refractivity contribution in [2.45, 2.75) is 25.2 Å². The van der Waals surface area contributed by atoms with Crippen molar-refractivity contribution in [1.29, 1.82) is 0 Å². The van der Waals surface area contributed by atoms with Gasteiger partial charge in [0.15, 0.2) is 0 Å². The van der Waals surface area contributed by atoms with Crippen molar-refractivity contribution in [2.24, 2.45) is 0 Å². The number of aromatic amines is 1. The van der Waals surface area contributed by atoms with Crippen LogP contribution in [-0.2, 0) is 6.42 Å². The molecule has 0 bridgehead atoms. The van der Waals surface area contributed by atoms with Crippen molar-refractivity contribution in [3.05, 3.63) is 44.3 Å². The molecular weight excluding hydrogens is 334 g/mol. The molecule has 20 heavy (non-hydrogen) atoms. The fourth-order valence-corrected chi connectivity index (χ4v) is 4.53. The Morgan fingerprint density at radius 3 is 3.20 bits per heavy atom. The molecule has 5 heteroatoms. The van der Waals surface area contributed by atoms with Crippen LogP contribution in [0.15, 0.2) is 28.1 Å². The van der Waals surface area contributed by atoms with Crippen LogP contribution >= 0.6 is 27.3 Å². The maximum atomic E-state index is 6.06. The number of nitrogens with one attached hydrogen (secondary N) is 1. The Balaban J connectivity index is 1.86. The van der Waals surface area contributed by atoms with Crippen LogP contribution in [0.4, 0.5) is 5.69 Å². The molecular formula is C15H14BrN3S. The molecule has 3 nitrogen and oxygen atoms in total. The van der Waals surface area contributed by atoms with E-state index in [1.54, 1.807) is 0 Å². The smallest absolute Gasteiger partial charge is 0.114 e. The lowest BCUT2D eigenvalue weighted by atomic mass is 9.87. The molecule has 0 amide bonds. The summed E-state index contributed by atoms with van der Waals surface area (Å²) in [7, 11) is 0. The highest BCUT2D eigenvalue weighted by atomic mass is 79.9. The van der Waals surface area contributed by atoms with Gasteiger partial charge in [-0.15, -0.1) is 11.3 Å². The summed E-state index contributed by atoms with van der Waals surface area (Å²) in [6.45, 7) is 0. The number of nitrogen functional groups attached to an aromatic ring is 1. The largest absolute Gasteiger partial charge is 0.397 e. The Morgan fingerprint density at radius 1 is 1.40 bits per heavy atom. The van der Waals surface area contributed by atoms with Crippen molar-refractivity contribution >= 4 is 44.0 Å². The first kappa shape index (κ1) is 12.4. The summed E-state index contributed by atoms with van der Waals surface area (Å²) < 4.78 is 0.984. The molecule has 0 fully saturated rings. The van der Waals surface area contributed by atoms with Gasteiger partial charge < -0.3 is 10.7 Å². The normalized spacial score (nSPS) is 18.4. The van der Waals surface area contributed by atoms with E-state index in [2.05, 4.69) is 32.4 Å². The number of thiophene rings is 1. The highest BCUT2D eigenvalue weighted by molar-refractivity contribution is 9.10. The van der Waals surface area contributed by atoms with E-state index in [-0.39, 0.29) is 0 Å². The van der Waals surface area contributed by atoms with E-state index in [0.29, 0.717) is 5.92 Å². The number of rotatable bonds is 1. The SMILES string of the molecule is Nc1cc(Br)cc2[nH]c(C3CCCc4sccc43)nc12. The highest BCUT2D eigenvalue weighted by Crippen LogP contribution is 2.39. The summed E-state index contributed by atoms with van der Waals surface area (Å²) >= 11 is 5.34. The van der Waals surface area contributed by atoms with E-state index in [1.807, 2.05) is 23.5 Å². The molecule has 1 atom stereocenters. The Bertz CT molecular complexity index is 790. The van der Waals surface area contributed by atoms with Gasteiger partial charge >= 0.3 is 0 Å². The summed E-state index contributed by atoms with van der Waals surface area (Å²) in [5.41, 5.74) is 10.1. The number of hydrogen-bond donors (Lipinski definition) is 2. The van der Waals surface area contributed by atoms with Crippen molar-refractivity contribution in [3.8, 4) is 0 Å². The first-order valence-corrected chi connectivity index (χ1v) is 8.40. The van der Waals surface area contributed by atoms with Crippen LogP contribution in [0.5, 0.6) is 0 Å². The molecule has 0 spiro atoms. The van der Waals surface area contributed by atoms with E-state index in [0.717, 1.165) is 33.4 Å². The number of benzene rings is 1. The summed E-state index contributed by atoms with van der Waals surface area (Å²) in [6, 6.07) is 6.19. The maximum Gasteiger partial charge on any atom is 0.114 e. The minimum absolute atomic E-state index is 0.385. The molecule has 4 rings (SSSR count). The quantitative estimate of drug-likeness (QED) is 0.639. The number of hydrogen-bond acceptors (Lipinski definition) is 3. The number of fused-ring (bicyclic) bond motifs is 2. The van der Waals surface area contributed by atoms with Gasteiger partial charge in [0, 0.05) is 15.3 Å². The molecule has 0 radical (unpaired) electrons. The first-order valence-electron chi connectivity index (χ1n) is 6.73. The lowest BCUT2D eigenvalue weighted by Crippen LogP contribution is -2.09. The minimum atomic E-state index is 0.385. The number of nitrogens with zero attached hydrogens (tertiary/aromatic N) is 1. The van der Waals surface area contributed by atoms with Crippen LogP contribution < -0.4 is 5.73 Å². The monoisotopic (exact) mass is 347 g/mol. The van der Waals surface area contributed by atoms with E-state index < -0.39 is 0 Å². The molecule has 0 saturated heterocycles. The number of nitrogens with two attached hydrogens (primary N) is 1. The number of anilines is 1. The summed E-state index contributed by atoms with van der Waals surface area (Å²) in [5.74, 6) is 1.43. The second kappa shape index (κ2) is 4.60. The van der Waals surface area contributed by atoms with Gasteiger partial charge in [-0.1, -0.05) is 15.9 Å². The number of imidazole rings is 1. The van der Waals surface area contributed by atoms with E-state index >= 15 is 0 Å². The molecule has 3 N–H and O–H groups in total. The van der Waals surface area contributed by atoms with Gasteiger partial charge in [-0.25, -0.2) is 4.98 Å². The molecule has 102 valence electrons. The topological polar surface area (TPSA) is 54.7 Å². The van der Waals surface area contributed by atoms with Crippen molar-refractivity contribution in [3.63, 3.8) is 0 Å². The predicted molar refractivity (Wildman–Crippen MR) is 87.3 cm³/mol. The summed E-state index contributed by atoms with van der Waals surface area (Å²) in [6.07, 6.45) is 3.59. The maximum absolute atomic E-state index is 6.06. The third-order valence-electron chi connectivity index (χ3n) is 3.98. The first-order chi connectivity index (χ1) is 9.72. The second-order valence-corrected chi connectivity index (χ2v) is 7.17. The van der Waals surface area contributed by atoms with Crippen LogP contribution in [0.3, 0.4) is 0 Å². The van der Waals surface area contributed by atoms with E-state index in [4.69, 9.17) is 10.7 Å². The van der Waals surface area contributed by atoms with E-state index in [1.165, 1.54) is 23.3 Å². The molecule has 1 aromatic carbocycles. The Hall–Kier alpha value is -1.33. The van der Waals surface area contributed by atoms with Crippen LogP contribution in [0.1, 0.15) is 35.0 Å². The van der Waals surface area contributed by atoms with Gasteiger partial charge in [0.2, 0.25) is 0 Å².